The molecule has 0 N–H and O–H groups in total. The van der Waals surface area contributed by atoms with Gasteiger partial charge in [0.15, 0.2) is 0 Å². The second kappa shape index (κ2) is 7.45. The van der Waals surface area contributed by atoms with Gasteiger partial charge in [-0.2, -0.15) is 5.26 Å². The maximum Gasteiger partial charge on any atom is 0.232 e. The van der Waals surface area contributed by atoms with E-state index in [2.05, 4.69) is 24.0 Å². The zero-order valence-electron chi connectivity index (χ0n) is 15.0. The van der Waals surface area contributed by atoms with E-state index in [1.54, 1.807) is 0 Å². The van der Waals surface area contributed by atoms with Crippen molar-refractivity contribution in [3.63, 3.8) is 0 Å². The van der Waals surface area contributed by atoms with E-state index in [-0.39, 0.29) is 5.91 Å². The molecule has 1 atom stereocenters. The fourth-order valence-electron chi connectivity index (χ4n) is 3.46. The highest BCUT2D eigenvalue weighted by Crippen LogP contribution is 2.28. The lowest BCUT2D eigenvalue weighted by Gasteiger charge is -2.30. The zero-order valence-corrected chi connectivity index (χ0v) is 15.8. The number of aryl methyl sites for hydroxylation is 2. The third-order valence-electron chi connectivity index (χ3n) is 4.68. The molecule has 0 saturated carbocycles. The standard InChI is InChI=1S/C20H23N3OS/c1-13-5-4-6-23(11-13)18(24)12-25-20-17(10-21)9-16-8-14(2)7-15(3)19(16)22-20/h7-9,13H,4-6,11-12H2,1-3H3/t13-/m0/s1. The van der Waals surface area contributed by atoms with E-state index >= 15 is 0 Å². The minimum absolute atomic E-state index is 0.142. The van der Waals surface area contributed by atoms with E-state index in [0.29, 0.717) is 22.3 Å². The molecule has 0 bridgehead atoms. The van der Waals surface area contributed by atoms with Crippen LogP contribution in [0.5, 0.6) is 0 Å². The number of carbonyl (C=O) groups is 1. The predicted molar refractivity (Wildman–Crippen MR) is 102 cm³/mol. The molecule has 1 aromatic carbocycles. The smallest absolute Gasteiger partial charge is 0.232 e. The van der Waals surface area contributed by atoms with Crippen LogP contribution in [-0.4, -0.2) is 34.6 Å². The maximum absolute atomic E-state index is 12.5. The van der Waals surface area contributed by atoms with E-state index in [0.717, 1.165) is 41.5 Å². The number of hydrogen-bond donors (Lipinski definition) is 0. The highest BCUT2D eigenvalue weighted by Gasteiger charge is 2.21. The van der Waals surface area contributed by atoms with Crippen molar-refractivity contribution < 1.29 is 4.79 Å². The second-order valence-corrected chi connectivity index (χ2v) is 7.95. The first kappa shape index (κ1) is 17.8. The molecule has 1 aromatic heterocycles. The predicted octanol–water partition coefficient (Wildman–Crippen LogP) is 4.07. The first-order valence-corrected chi connectivity index (χ1v) is 9.69. The van der Waals surface area contributed by atoms with Crippen LogP contribution in [-0.2, 0) is 4.79 Å². The summed E-state index contributed by atoms with van der Waals surface area (Å²) in [6.07, 6.45) is 2.27. The Labute approximate surface area is 153 Å². The third kappa shape index (κ3) is 3.96. The number of hydrogen-bond acceptors (Lipinski definition) is 4. The number of carbonyl (C=O) groups excluding carboxylic acids is 1. The molecule has 2 heterocycles. The van der Waals surface area contributed by atoms with Crippen molar-refractivity contribution in [2.45, 2.75) is 38.6 Å². The summed E-state index contributed by atoms with van der Waals surface area (Å²) in [4.78, 5) is 19.1. The van der Waals surface area contributed by atoms with E-state index in [1.165, 1.54) is 18.2 Å². The van der Waals surface area contributed by atoms with Gasteiger partial charge in [-0.15, -0.1) is 0 Å². The van der Waals surface area contributed by atoms with Crippen LogP contribution in [0.2, 0.25) is 0 Å². The summed E-state index contributed by atoms with van der Waals surface area (Å²) in [7, 11) is 0. The lowest BCUT2D eigenvalue weighted by Crippen LogP contribution is -2.40. The van der Waals surface area contributed by atoms with E-state index < -0.39 is 0 Å². The Balaban J connectivity index is 1.81. The van der Waals surface area contributed by atoms with Gasteiger partial charge in [-0.1, -0.05) is 30.3 Å². The number of nitrogens with zero attached hydrogens (tertiary/aromatic N) is 3. The lowest BCUT2D eigenvalue weighted by molar-refractivity contribution is -0.130. The van der Waals surface area contributed by atoms with Crippen LogP contribution in [0, 0.1) is 31.1 Å². The van der Waals surface area contributed by atoms with Gasteiger partial charge < -0.3 is 4.90 Å². The molecule has 3 rings (SSSR count). The Bertz CT molecular complexity index is 856. The number of likely N-dealkylation sites (tertiary alicyclic amines) is 1. The van der Waals surface area contributed by atoms with Gasteiger partial charge in [0.05, 0.1) is 16.8 Å². The van der Waals surface area contributed by atoms with Crippen LogP contribution in [0.15, 0.2) is 23.2 Å². The number of pyridine rings is 1. The van der Waals surface area contributed by atoms with E-state index in [9.17, 15) is 10.1 Å². The Morgan fingerprint density at radius 2 is 2.20 bits per heavy atom. The zero-order chi connectivity index (χ0) is 18.0. The van der Waals surface area contributed by atoms with E-state index in [4.69, 9.17) is 0 Å². The number of rotatable bonds is 3. The van der Waals surface area contributed by atoms with Crippen molar-refractivity contribution in [1.29, 1.82) is 5.26 Å². The Kier molecular flexibility index (Phi) is 5.29. The van der Waals surface area contributed by atoms with Crippen LogP contribution < -0.4 is 0 Å². The molecule has 1 saturated heterocycles. The molecule has 1 aliphatic heterocycles. The minimum atomic E-state index is 0.142. The van der Waals surface area contributed by atoms with Crippen LogP contribution in [0.25, 0.3) is 10.9 Å². The summed E-state index contributed by atoms with van der Waals surface area (Å²) in [5, 5.41) is 11.1. The number of amides is 1. The molecular weight excluding hydrogens is 330 g/mol. The first-order valence-electron chi connectivity index (χ1n) is 8.70. The van der Waals surface area contributed by atoms with E-state index in [1.807, 2.05) is 30.9 Å². The van der Waals surface area contributed by atoms with Crippen LogP contribution in [0.1, 0.15) is 36.5 Å². The number of aromatic nitrogens is 1. The van der Waals surface area contributed by atoms with Crippen LogP contribution in [0.3, 0.4) is 0 Å². The topological polar surface area (TPSA) is 57.0 Å². The van der Waals surface area contributed by atoms with Gasteiger partial charge in [0.2, 0.25) is 5.91 Å². The maximum atomic E-state index is 12.5. The van der Waals surface area contributed by atoms with Crippen molar-refractivity contribution >= 4 is 28.6 Å². The molecule has 1 amide bonds. The normalized spacial score (nSPS) is 17.5. The number of piperidine rings is 1. The molecule has 5 heteroatoms. The Morgan fingerprint density at radius 3 is 2.92 bits per heavy atom. The highest BCUT2D eigenvalue weighted by molar-refractivity contribution is 8.00. The molecule has 0 aliphatic carbocycles. The van der Waals surface area contributed by atoms with Crippen molar-refractivity contribution in [3.05, 3.63) is 34.9 Å². The van der Waals surface area contributed by atoms with Crippen molar-refractivity contribution in [1.82, 2.24) is 9.88 Å². The number of nitriles is 1. The molecule has 1 fully saturated rings. The van der Waals surface area contributed by atoms with Crippen molar-refractivity contribution in [3.8, 4) is 6.07 Å². The summed E-state index contributed by atoms with van der Waals surface area (Å²) in [6, 6.07) is 8.26. The molecule has 0 spiro atoms. The fraction of sp³-hybridized carbons (Fsp3) is 0.450. The molecular formula is C20H23N3OS. The molecule has 1 aliphatic rings. The largest absolute Gasteiger partial charge is 0.342 e. The number of fused-ring (bicyclic) bond motifs is 1. The summed E-state index contributed by atoms with van der Waals surface area (Å²) in [6.45, 7) is 7.95. The second-order valence-electron chi connectivity index (χ2n) is 6.98. The van der Waals surface area contributed by atoms with Crippen molar-refractivity contribution in [2.75, 3.05) is 18.8 Å². The van der Waals surface area contributed by atoms with Gasteiger partial charge in [-0.05, 0) is 50.3 Å². The first-order chi connectivity index (χ1) is 12.0. The van der Waals surface area contributed by atoms with Gasteiger partial charge in [-0.25, -0.2) is 4.98 Å². The van der Waals surface area contributed by atoms with Gasteiger partial charge >= 0.3 is 0 Å². The van der Waals surface area contributed by atoms with Gasteiger partial charge in [-0.3, -0.25) is 4.79 Å². The van der Waals surface area contributed by atoms with Crippen LogP contribution in [0.4, 0.5) is 0 Å². The summed E-state index contributed by atoms with van der Waals surface area (Å²) in [5.41, 5.74) is 3.71. The molecule has 0 radical (unpaired) electrons. The lowest BCUT2D eigenvalue weighted by atomic mass is 10.0. The number of benzene rings is 1. The minimum Gasteiger partial charge on any atom is -0.342 e. The molecule has 0 unspecified atom stereocenters. The fourth-order valence-corrected chi connectivity index (χ4v) is 4.32. The summed E-state index contributed by atoms with van der Waals surface area (Å²) < 4.78 is 0. The molecule has 2 aromatic rings. The Morgan fingerprint density at radius 1 is 1.40 bits per heavy atom. The van der Waals surface area contributed by atoms with Gasteiger partial charge in [0.25, 0.3) is 0 Å². The summed E-state index contributed by atoms with van der Waals surface area (Å²) >= 11 is 1.38. The SMILES string of the molecule is Cc1cc(C)c2nc(SCC(=O)N3CCC[C@H](C)C3)c(C#N)cc2c1. The quantitative estimate of drug-likeness (QED) is 0.781. The highest BCUT2D eigenvalue weighted by atomic mass is 32.2. The third-order valence-corrected chi connectivity index (χ3v) is 5.66. The van der Waals surface area contributed by atoms with Gasteiger partial charge in [0, 0.05) is 18.5 Å². The van der Waals surface area contributed by atoms with Gasteiger partial charge in [0.1, 0.15) is 11.1 Å². The monoisotopic (exact) mass is 353 g/mol. The number of thioether (sulfide) groups is 1. The average Bonchev–Trinajstić information content (AvgIpc) is 2.59. The molecule has 25 heavy (non-hydrogen) atoms. The average molecular weight is 353 g/mol. The summed E-state index contributed by atoms with van der Waals surface area (Å²) in [5.74, 6) is 1.05. The van der Waals surface area contributed by atoms with Crippen LogP contribution >= 0.6 is 11.8 Å². The Hall–Kier alpha value is -2.06. The molecule has 130 valence electrons. The molecule has 4 nitrogen and oxygen atoms in total. The van der Waals surface area contributed by atoms with Crippen molar-refractivity contribution in [2.24, 2.45) is 5.92 Å².